The summed E-state index contributed by atoms with van der Waals surface area (Å²) < 4.78 is 12.5. The van der Waals surface area contributed by atoms with Crippen LogP contribution in [0.5, 0.6) is 0 Å². The minimum atomic E-state index is -0.644. The van der Waals surface area contributed by atoms with Crippen LogP contribution in [0.25, 0.3) is 21.5 Å². The van der Waals surface area contributed by atoms with E-state index >= 15 is 0 Å². The highest BCUT2D eigenvalue weighted by Crippen LogP contribution is 2.41. The molecule has 0 N–H and O–H groups in total. The Morgan fingerprint density at radius 1 is 1.00 bits per heavy atom. The molecule has 2 nitrogen and oxygen atoms in total. The van der Waals surface area contributed by atoms with Crippen molar-refractivity contribution in [3.8, 4) is 0 Å². The fourth-order valence-electron chi connectivity index (χ4n) is 4.86. The highest BCUT2D eigenvalue weighted by Gasteiger charge is 2.42. The first-order valence-electron chi connectivity index (χ1n) is 10.7. The van der Waals surface area contributed by atoms with Crippen molar-refractivity contribution >= 4 is 21.5 Å². The lowest BCUT2D eigenvalue weighted by Gasteiger charge is -2.41. The maximum atomic E-state index is 6.37. The number of hydrogen-bond acceptors (Lipinski definition) is 2. The van der Waals surface area contributed by atoms with Gasteiger partial charge in [-0.25, -0.2) is 0 Å². The molecule has 0 spiro atoms. The van der Waals surface area contributed by atoms with E-state index in [0.717, 1.165) is 19.3 Å². The molecule has 29 heavy (non-hydrogen) atoms. The lowest BCUT2D eigenvalue weighted by molar-refractivity contribution is -0.214. The van der Waals surface area contributed by atoms with Crippen molar-refractivity contribution in [2.24, 2.45) is 11.8 Å². The van der Waals surface area contributed by atoms with Crippen LogP contribution < -0.4 is 0 Å². The Kier molecular flexibility index (Phi) is 4.67. The third-order valence-electron chi connectivity index (χ3n) is 6.33. The summed E-state index contributed by atoms with van der Waals surface area (Å²) in [5.74, 6) is 0.144. The zero-order chi connectivity index (χ0) is 19.8. The summed E-state index contributed by atoms with van der Waals surface area (Å²) in [5.41, 5.74) is 2.93. The molecule has 5 rings (SSSR count). The highest BCUT2D eigenvalue weighted by molar-refractivity contribution is 6.08. The van der Waals surface area contributed by atoms with Gasteiger partial charge < -0.3 is 9.47 Å². The molecule has 0 saturated carbocycles. The van der Waals surface area contributed by atoms with Crippen molar-refractivity contribution in [1.29, 1.82) is 0 Å². The predicted molar refractivity (Wildman–Crippen MR) is 120 cm³/mol. The number of ether oxygens (including phenoxy) is 2. The molecule has 3 aromatic rings. The molecule has 148 valence electrons. The lowest BCUT2D eigenvalue weighted by atomic mass is 9.77. The zero-order valence-corrected chi connectivity index (χ0v) is 17.2. The normalized spacial score (nSPS) is 23.5. The van der Waals surface area contributed by atoms with Crippen LogP contribution in [0.2, 0.25) is 0 Å². The fraction of sp³-hybridized carbons (Fsp3) is 0.333. The van der Waals surface area contributed by atoms with Gasteiger partial charge in [0.15, 0.2) is 0 Å². The highest BCUT2D eigenvalue weighted by atomic mass is 16.7. The van der Waals surface area contributed by atoms with Crippen molar-refractivity contribution in [3.63, 3.8) is 0 Å². The number of hydrogen-bond donors (Lipinski definition) is 0. The smallest absolute Gasteiger partial charge is 0.232 e. The van der Waals surface area contributed by atoms with E-state index < -0.39 is 5.79 Å². The van der Waals surface area contributed by atoms with Gasteiger partial charge in [-0.1, -0.05) is 68.5 Å². The van der Waals surface area contributed by atoms with Gasteiger partial charge in [-0.3, -0.25) is 0 Å². The minimum Gasteiger partial charge on any atom is -0.466 e. The van der Waals surface area contributed by atoms with Crippen molar-refractivity contribution in [2.45, 2.75) is 38.9 Å². The monoisotopic (exact) mass is 384 g/mol. The van der Waals surface area contributed by atoms with Crippen LogP contribution in [0, 0.1) is 11.8 Å². The Bertz CT molecular complexity index is 1110. The van der Waals surface area contributed by atoms with E-state index in [1.165, 1.54) is 32.7 Å². The SMILES string of the molecule is CC(C)COC1(C2CCc3c(ccc4c3ccc3ccccc34)C2)C=CC=CO1. The molecule has 2 aliphatic rings. The molecule has 0 amide bonds. The molecule has 0 aromatic heterocycles. The molecule has 2 atom stereocenters. The average molecular weight is 385 g/mol. The van der Waals surface area contributed by atoms with Crippen LogP contribution in [0.3, 0.4) is 0 Å². The van der Waals surface area contributed by atoms with Crippen LogP contribution in [-0.4, -0.2) is 12.4 Å². The second-order valence-electron chi connectivity index (χ2n) is 8.76. The van der Waals surface area contributed by atoms with Crippen molar-refractivity contribution in [2.75, 3.05) is 6.61 Å². The molecule has 1 aliphatic heterocycles. The Morgan fingerprint density at radius 2 is 1.86 bits per heavy atom. The standard InChI is InChI=1S/C27H28O2/c1-19(2)18-29-27(15-5-6-16-28-27)22-11-14-24-21(17-22)10-13-25-23-8-4-3-7-20(23)9-12-26(24)25/h3-10,12-13,15-16,19,22H,11,14,17-18H2,1-2H3. The maximum Gasteiger partial charge on any atom is 0.232 e. The Balaban J connectivity index is 1.52. The van der Waals surface area contributed by atoms with Crippen LogP contribution in [0.15, 0.2) is 73.0 Å². The third-order valence-corrected chi connectivity index (χ3v) is 6.33. The largest absolute Gasteiger partial charge is 0.466 e. The summed E-state index contributed by atoms with van der Waals surface area (Å²) in [6, 6.07) is 17.9. The number of benzene rings is 3. The molecule has 2 heteroatoms. The van der Waals surface area contributed by atoms with E-state index in [2.05, 4.69) is 74.5 Å². The van der Waals surface area contributed by atoms with E-state index in [0.29, 0.717) is 18.4 Å². The Labute approximate surface area is 172 Å². The van der Waals surface area contributed by atoms with Gasteiger partial charge in [-0.15, -0.1) is 0 Å². The van der Waals surface area contributed by atoms with Crippen molar-refractivity contribution in [3.05, 3.63) is 84.1 Å². The van der Waals surface area contributed by atoms with Gasteiger partial charge in [-0.05, 0) is 70.0 Å². The summed E-state index contributed by atoms with van der Waals surface area (Å²) in [6.07, 6.45) is 11.0. The quantitative estimate of drug-likeness (QED) is 0.474. The molecular weight excluding hydrogens is 356 g/mol. The van der Waals surface area contributed by atoms with Gasteiger partial charge in [0.25, 0.3) is 0 Å². The van der Waals surface area contributed by atoms with Crippen LogP contribution in [0.4, 0.5) is 0 Å². The maximum absolute atomic E-state index is 6.37. The lowest BCUT2D eigenvalue weighted by Crippen LogP contribution is -2.44. The van der Waals surface area contributed by atoms with Gasteiger partial charge in [0.1, 0.15) is 0 Å². The van der Waals surface area contributed by atoms with E-state index in [-0.39, 0.29) is 0 Å². The summed E-state index contributed by atoms with van der Waals surface area (Å²) >= 11 is 0. The van der Waals surface area contributed by atoms with Crippen LogP contribution in [0.1, 0.15) is 31.4 Å². The first-order valence-corrected chi connectivity index (χ1v) is 10.7. The van der Waals surface area contributed by atoms with Gasteiger partial charge in [0.2, 0.25) is 5.79 Å². The van der Waals surface area contributed by atoms with Gasteiger partial charge in [0, 0.05) is 5.92 Å². The molecule has 0 bridgehead atoms. The molecule has 2 unspecified atom stereocenters. The summed E-state index contributed by atoms with van der Waals surface area (Å²) in [7, 11) is 0. The van der Waals surface area contributed by atoms with Gasteiger partial charge in [-0.2, -0.15) is 0 Å². The van der Waals surface area contributed by atoms with Gasteiger partial charge in [0.05, 0.1) is 12.9 Å². The number of fused-ring (bicyclic) bond motifs is 5. The fourth-order valence-corrected chi connectivity index (χ4v) is 4.86. The number of aryl methyl sites for hydroxylation is 1. The average Bonchev–Trinajstić information content (AvgIpc) is 2.77. The number of allylic oxidation sites excluding steroid dienone is 2. The van der Waals surface area contributed by atoms with Crippen molar-refractivity contribution < 1.29 is 9.47 Å². The Morgan fingerprint density at radius 3 is 2.69 bits per heavy atom. The predicted octanol–water partition coefficient (Wildman–Crippen LogP) is 6.57. The summed E-state index contributed by atoms with van der Waals surface area (Å²) in [5, 5.41) is 5.41. The first kappa shape index (κ1) is 18.4. The van der Waals surface area contributed by atoms with E-state index in [4.69, 9.17) is 9.47 Å². The van der Waals surface area contributed by atoms with E-state index in [9.17, 15) is 0 Å². The molecule has 1 aliphatic carbocycles. The van der Waals surface area contributed by atoms with E-state index in [1.807, 2.05) is 6.08 Å². The summed E-state index contributed by atoms with van der Waals surface area (Å²) in [4.78, 5) is 0. The zero-order valence-electron chi connectivity index (χ0n) is 17.2. The van der Waals surface area contributed by atoms with Gasteiger partial charge >= 0.3 is 0 Å². The topological polar surface area (TPSA) is 18.5 Å². The molecule has 0 fully saturated rings. The molecule has 1 heterocycles. The van der Waals surface area contributed by atoms with Crippen LogP contribution in [-0.2, 0) is 22.3 Å². The third kappa shape index (κ3) is 3.26. The molecule has 0 radical (unpaired) electrons. The number of rotatable bonds is 4. The second-order valence-corrected chi connectivity index (χ2v) is 8.76. The van der Waals surface area contributed by atoms with E-state index in [1.54, 1.807) is 6.26 Å². The molecule has 3 aromatic carbocycles. The minimum absolute atomic E-state index is 0.313. The van der Waals surface area contributed by atoms with Crippen molar-refractivity contribution in [1.82, 2.24) is 0 Å². The molecule has 0 saturated heterocycles. The van der Waals surface area contributed by atoms with Crippen LogP contribution >= 0.6 is 0 Å². The second kappa shape index (κ2) is 7.35. The summed E-state index contributed by atoms with van der Waals surface area (Å²) in [6.45, 7) is 5.07. The Hall–Kier alpha value is -2.58. The molecular formula is C27H28O2. The first-order chi connectivity index (χ1) is 14.2.